The largest absolute Gasteiger partial charge is 2.00 e. The number of carbonyl (C=O) groups is 1. The van der Waals surface area contributed by atoms with Crippen molar-refractivity contribution < 1.29 is 22.2 Å². The summed E-state index contributed by atoms with van der Waals surface area (Å²) in [7, 11) is 0. The van der Waals surface area contributed by atoms with Crippen molar-refractivity contribution in [2.75, 3.05) is 0 Å². The van der Waals surface area contributed by atoms with Crippen LogP contribution < -0.4 is 0 Å². The molecule has 0 aliphatic carbocycles. The van der Waals surface area contributed by atoms with Crippen LogP contribution in [0.2, 0.25) is 0 Å². The van der Waals surface area contributed by atoms with Crippen LogP contribution in [0.15, 0.2) is 6.08 Å². The average Bonchev–Trinajstić information content (AvgIpc) is 1.65. The van der Waals surface area contributed by atoms with Gasteiger partial charge in [0.05, 0.1) is 0 Å². The first kappa shape index (κ1) is 10.0. The van der Waals surface area contributed by atoms with E-state index >= 15 is 0 Å². The van der Waals surface area contributed by atoms with Crippen LogP contribution in [0.3, 0.4) is 0 Å². The second-order valence-corrected chi connectivity index (χ2v) is 0.883. The average molecular weight is 134 g/mol. The molecule has 0 atom stereocenters. The summed E-state index contributed by atoms with van der Waals surface area (Å²) in [5, 5.41) is 0. The van der Waals surface area contributed by atoms with Crippen molar-refractivity contribution in [1.29, 1.82) is 0 Å². The molecule has 0 bridgehead atoms. The molecule has 0 aliphatic rings. The Kier molecular flexibility index (Phi) is 8.52. The van der Waals surface area contributed by atoms with Gasteiger partial charge in [0.2, 0.25) is 0 Å². The number of allylic oxidation sites excluding steroid dienone is 1. The van der Waals surface area contributed by atoms with Gasteiger partial charge in [-0.3, -0.25) is 6.58 Å². The van der Waals surface area contributed by atoms with Gasteiger partial charge in [0.1, 0.15) is 0 Å². The molecule has 0 radical (unpaired) electrons. The van der Waals surface area contributed by atoms with Crippen molar-refractivity contribution in [2.45, 2.75) is 6.42 Å². The van der Waals surface area contributed by atoms with E-state index in [0.29, 0.717) is 0 Å². The Morgan fingerprint density at radius 3 is 2.29 bits per heavy atom. The molecule has 0 spiro atoms. The fraction of sp³-hybridized carbons (Fsp3) is 0.200. The number of rotatable bonds is 2. The van der Waals surface area contributed by atoms with Gasteiger partial charge in [-0.05, 0) is 5.78 Å². The third-order valence-corrected chi connectivity index (χ3v) is 0.432. The number of hydrogen-bond acceptors (Lipinski definition) is 1. The Bertz CT molecular complexity index is 68.5. The molecule has 0 saturated carbocycles. The van der Waals surface area contributed by atoms with E-state index in [1.54, 1.807) is 0 Å². The molecule has 1 nitrogen and oxygen atoms in total. The van der Waals surface area contributed by atoms with Gasteiger partial charge in [0, 0.05) is 0 Å². The van der Waals surface area contributed by atoms with Gasteiger partial charge < -0.3 is 11.7 Å². The fourth-order valence-electron chi connectivity index (χ4n) is 0.0833. The molecule has 0 fully saturated rings. The maximum absolute atomic E-state index is 9.94. The molecule has 0 N–H and O–H groups in total. The second kappa shape index (κ2) is 5.94. The van der Waals surface area contributed by atoms with Crippen LogP contribution in [0.4, 0.5) is 0 Å². The van der Waals surface area contributed by atoms with Crippen molar-refractivity contribution in [3.8, 4) is 0 Å². The quantitative estimate of drug-likeness (QED) is 0.402. The Labute approximate surface area is 54.5 Å². The smallest absolute Gasteiger partial charge is 0.409 e. The summed E-state index contributed by atoms with van der Waals surface area (Å²) in [6.45, 7) is 8.06. The van der Waals surface area contributed by atoms with Crippen LogP contribution >= 0.6 is 0 Å². The van der Waals surface area contributed by atoms with Crippen LogP contribution in [0.5, 0.6) is 0 Å². The third kappa shape index (κ3) is 5.94. The minimum Gasteiger partial charge on any atom is -0.409 e. The molecule has 0 unspecified atom stereocenters. The van der Waals surface area contributed by atoms with Gasteiger partial charge in [0.25, 0.3) is 0 Å². The predicted molar refractivity (Wildman–Crippen MR) is 23.9 cm³/mol. The molecule has 0 saturated heterocycles. The van der Waals surface area contributed by atoms with Gasteiger partial charge in [-0.25, -0.2) is 6.08 Å². The predicted octanol–water partition coefficient (Wildman–Crippen LogP) is 0.766. The standard InChI is InChI=1S/C5H6O.Cr/c1-3-5(6)4-2;/h1,3H,2,4H2;/q-2;+2. The summed E-state index contributed by atoms with van der Waals surface area (Å²) in [6, 6.07) is 0. The van der Waals surface area contributed by atoms with E-state index in [4.69, 9.17) is 6.58 Å². The van der Waals surface area contributed by atoms with Crippen molar-refractivity contribution in [3.63, 3.8) is 0 Å². The van der Waals surface area contributed by atoms with Gasteiger partial charge >= 0.3 is 17.4 Å². The summed E-state index contributed by atoms with van der Waals surface area (Å²) in [6.07, 6.45) is 1.28. The molecule has 38 valence electrons. The first-order valence-corrected chi connectivity index (χ1v) is 1.68. The van der Waals surface area contributed by atoms with E-state index in [2.05, 4.69) is 6.92 Å². The van der Waals surface area contributed by atoms with E-state index in [0.717, 1.165) is 6.08 Å². The van der Waals surface area contributed by atoms with E-state index in [9.17, 15) is 4.79 Å². The van der Waals surface area contributed by atoms with Crippen LogP contribution in [-0.4, -0.2) is 5.78 Å². The van der Waals surface area contributed by atoms with E-state index in [1.807, 2.05) is 0 Å². The van der Waals surface area contributed by atoms with Crippen molar-refractivity contribution in [1.82, 2.24) is 0 Å². The molecule has 0 rings (SSSR count). The molecule has 0 amide bonds. The minimum absolute atomic E-state index is 0. The molecule has 0 aromatic rings. The third-order valence-electron chi connectivity index (χ3n) is 0.432. The zero-order valence-electron chi connectivity index (χ0n) is 3.89. The topological polar surface area (TPSA) is 17.1 Å². The maximum Gasteiger partial charge on any atom is 2.00 e. The molecular formula is C5H6CrO. The zero-order valence-corrected chi connectivity index (χ0v) is 5.16. The van der Waals surface area contributed by atoms with Crippen LogP contribution in [0, 0.1) is 13.5 Å². The molecule has 0 heterocycles. The Morgan fingerprint density at radius 2 is 2.29 bits per heavy atom. The number of ketones is 1. The monoisotopic (exact) mass is 134 g/mol. The van der Waals surface area contributed by atoms with E-state index in [-0.39, 0.29) is 29.6 Å². The van der Waals surface area contributed by atoms with Gasteiger partial charge in [-0.15, -0.1) is 0 Å². The summed E-state index contributed by atoms with van der Waals surface area (Å²) in [4.78, 5) is 9.94. The molecular weight excluding hydrogens is 128 g/mol. The Balaban J connectivity index is 0. The van der Waals surface area contributed by atoms with Crippen molar-refractivity contribution in [2.24, 2.45) is 0 Å². The summed E-state index contributed by atoms with van der Waals surface area (Å²) in [5.41, 5.74) is 0. The van der Waals surface area contributed by atoms with Gasteiger partial charge in [-0.1, -0.05) is 0 Å². The number of hydrogen-bond donors (Lipinski definition) is 0. The SMILES string of the molecule is [CH-]=CC(=O)C[CH2-].[Cr+2]. The summed E-state index contributed by atoms with van der Waals surface area (Å²) in [5.74, 6) is -0.116. The Morgan fingerprint density at radius 1 is 1.86 bits per heavy atom. The molecule has 0 aliphatic heterocycles. The van der Waals surface area contributed by atoms with Crippen LogP contribution in [0.1, 0.15) is 6.42 Å². The molecule has 0 aromatic heterocycles. The normalized spacial score (nSPS) is 6.43. The molecule has 2 heteroatoms. The van der Waals surface area contributed by atoms with Crippen LogP contribution in [0.25, 0.3) is 0 Å². The first-order chi connectivity index (χ1) is 2.81. The maximum atomic E-state index is 9.94. The number of carbonyl (C=O) groups excluding carboxylic acids is 1. The van der Waals surface area contributed by atoms with Crippen molar-refractivity contribution >= 4 is 5.78 Å². The minimum atomic E-state index is -0.116. The van der Waals surface area contributed by atoms with Crippen LogP contribution in [-0.2, 0) is 22.2 Å². The summed E-state index contributed by atoms with van der Waals surface area (Å²) < 4.78 is 0. The van der Waals surface area contributed by atoms with E-state index in [1.165, 1.54) is 0 Å². The van der Waals surface area contributed by atoms with Gasteiger partial charge in [-0.2, -0.15) is 6.42 Å². The summed E-state index contributed by atoms with van der Waals surface area (Å²) >= 11 is 0. The first-order valence-electron chi connectivity index (χ1n) is 1.68. The van der Waals surface area contributed by atoms with Crippen molar-refractivity contribution in [3.05, 3.63) is 19.6 Å². The molecule has 7 heavy (non-hydrogen) atoms. The Hall–Kier alpha value is -0.0575. The van der Waals surface area contributed by atoms with E-state index < -0.39 is 0 Å². The fourth-order valence-corrected chi connectivity index (χ4v) is 0.0833. The van der Waals surface area contributed by atoms with Gasteiger partial charge in [0.15, 0.2) is 0 Å². The second-order valence-electron chi connectivity index (χ2n) is 0.883. The zero-order chi connectivity index (χ0) is 4.99. The molecule has 0 aromatic carbocycles.